The van der Waals surface area contributed by atoms with Crippen LogP contribution in [-0.2, 0) is 16.1 Å². The van der Waals surface area contributed by atoms with Crippen molar-refractivity contribution in [1.29, 1.82) is 0 Å². The molecule has 6 aromatic heterocycles. The Kier molecular flexibility index (Phi) is 18.8. The van der Waals surface area contributed by atoms with E-state index in [2.05, 4.69) is 221 Å². The number of rotatable bonds is 15. The number of hydrogen-bond acceptors (Lipinski definition) is 5. The number of aromatic nitrogens is 6. The third-order valence-corrected chi connectivity index (χ3v) is 14.3. The maximum absolute atomic E-state index is 13.7. The smallest absolute Gasteiger partial charge is 0.410 e. The third-order valence-electron chi connectivity index (χ3n) is 14.3. The lowest BCUT2D eigenvalue weighted by molar-refractivity contribution is -0.122. The van der Waals surface area contributed by atoms with Gasteiger partial charge >= 0.3 is 6.09 Å². The third kappa shape index (κ3) is 14.5. The topological polar surface area (TPSA) is 104 Å². The Morgan fingerprint density at radius 1 is 0.475 bits per heavy atom. The highest BCUT2D eigenvalue weighted by Gasteiger charge is 2.29. The SMILES string of the molecule is C.Cc1ccc(C)n1-c1cc(C(CN(Cc2ccccc2)C(=O)OC(C)(C)C)c2ccccc2)cc(-n2c(C)ccc2C)n1.Cc1ccc(C)n1-c1cc(C(CNC(=O)CC(C)(C)C)c2ccccc2)cc(-n2c(C)ccc2C)n1. The fraction of sp³-hybridized carbons (Fsp3) is 0.333. The molecule has 0 saturated carbocycles. The second-order valence-electron chi connectivity index (χ2n) is 23.4. The number of nitrogens with one attached hydrogen (secondary N) is 1. The molecule has 2 unspecified atom stereocenters. The molecule has 0 fully saturated rings. The summed E-state index contributed by atoms with van der Waals surface area (Å²) in [6.45, 7) is 30.2. The number of carbonyl (C=O) groups excluding carboxylic acids is 2. The summed E-state index contributed by atoms with van der Waals surface area (Å²) in [7, 11) is 0. The van der Waals surface area contributed by atoms with Crippen LogP contribution in [0.5, 0.6) is 0 Å². The number of amides is 2. The Balaban J connectivity index is 0.000000232. The molecule has 1 N–H and O–H groups in total. The van der Waals surface area contributed by atoms with Gasteiger partial charge in [0.1, 0.15) is 28.9 Å². The first-order valence-electron chi connectivity index (χ1n) is 27.6. The molecule has 3 aromatic carbocycles. The van der Waals surface area contributed by atoms with Gasteiger partial charge in [0.2, 0.25) is 5.91 Å². The number of benzene rings is 3. The van der Waals surface area contributed by atoms with Gasteiger partial charge in [0.15, 0.2) is 0 Å². The van der Waals surface area contributed by atoms with Crippen molar-refractivity contribution in [2.45, 2.75) is 135 Å². The maximum Gasteiger partial charge on any atom is 0.410 e. The van der Waals surface area contributed by atoms with E-state index in [1.807, 2.05) is 68.1 Å². The summed E-state index contributed by atoms with van der Waals surface area (Å²) < 4.78 is 14.7. The van der Waals surface area contributed by atoms with Gasteiger partial charge in [-0.05, 0) is 182 Å². The van der Waals surface area contributed by atoms with E-state index in [1.54, 1.807) is 0 Å². The van der Waals surface area contributed by atoms with Crippen molar-refractivity contribution in [3.63, 3.8) is 0 Å². The highest BCUT2D eigenvalue weighted by molar-refractivity contribution is 5.76. The Morgan fingerprint density at radius 3 is 1.14 bits per heavy atom. The summed E-state index contributed by atoms with van der Waals surface area (Å²) in [6.07, 6.45) is 0.159. The molecule has 0 aliphatic carbocycles. The van der Waals surface area contributed by atoms with Gasteiger partial charge in [-0.3, -0.25) is 4.79 Å². The molecule has 2 atom stereocenters. The number of carbonyl (C=O) groups is 2. The molecule has 11 nitrogen and oxygen atoms in total. The Labute approximate surface area is 476 Å². The largest absolute Gasteiger partial charge is 0.444 e. The van der Waals surface area contributed by atoms with E-state index in [9.17, 15) is 9.59 Å². The number of pyridine rings is 2. The van der Waals surface area contributed by atoms with E-state index in [0.717, 1.165) is 91.1 Å². The summed E-state index contributed by atoms with van der Waals surface area (Å²) in [6, 6.07) is 56.6. The molecule has 9 rings (SSSR count). The molecule has 6 heterocycles. The zero-order valence-electron chi connectivity index (χ0n) is 48.9. The van der Waals surface area contributed by atoms with Crippen LogP contribution in [-0.4, -0.2) is 63.8 Å². The van der Waals surface area contributed by atoms with Gasteiger partial charge in [0.25, 0.3) is 0 Å². The summed E-state index contributed by atoms with van der Waals surface area (Å²) in [5.74, 6) is 3.41. The van der Waals surface area contributed by atoms with Crippen molar-refractivity contribution in [2.24, 2.45) is 5.41 Å². The van der Waals surface area contributed by atoms with Gasteiger partial charge < -0.3 is 33.2 Å². The average Bonchev–Trinajstić information content (AvgIpc) is 4.15. The number of aryl methyl sites for hydroxylation is 8. The minimum atomic E-state index is -0.613. The first kappa shape index (κ1) is 59.5. The molecule has 11 heteroatoms. The standard InChI is InChI=1S/C37H42N4O2.C31H38N4O.CH4/c1-26-18-19-27(2)40(26)34-22-32(23-35(38-34)41-28(3)20-21-29(41)4)33(31-16-12-9-13-17-31)25-39(36(42)43-37(5,6)7)24-30-14-10-8-11-15-30;1-21-13-14-22(2)34(21)28-17-26(18-29(33-28)35-23(3)15-16-24(35)4)27(25-11-9-8-10-12-25)20-32-30(36)19-31(5,6)7;/h8-23,33H,24-25H2,1-7H3;8-18,27H,19-20H2,1-7H3,(H,32,36);1H4. The molecular formula is C69H84N8O3. The lowest BCUT2D eigenvalue weighted by atomic mass is 9.90. The molecule has 0 aliphatic rings. The molecule has 0 radical (unpaired) electrons. The van der Waals surface area contributed by atoms with Gasteiger partial charge in [-0.2, -0.15) is 0 Å². The first-order chi connectivity index (χ1) is 37.5. The lowest BCUT2D eigenvalue weighted by Crippen LogP contribution is -2.39. The van der Waals surface area contributed by atoms with Crippen molar-refractivity contribution in [3.8, 4) is 23.3 Å². The predicted octanol–water partition coefficient (Wildman–Crippen LogP) is 15.7. The molecular weight excluding hydrogens is 989 g/mol. The second kappa shape index (κ2) is 25.3. The first-order valence-corrected chi connectivity index (χ1v) is 27.6. The van der Waals surface area contributed by atoms with E-state index in [0.29, 0.717) is 26.1 Å². The van der Waals surface area contributed by atoms with E-state index >= 15 is 0 Å². The minimum Gasteiger partial charge on any atom is -0.444 e. The lowest BCUT2D eigenvalue weighted by Gasteiger charge is -2.31. The molecule has 0 bridgehead atoms. The number of nitrogens with zero attached hydrogens (tertiary/aromatic N) is 7. The van der Waals surface area contributed by atoms with Crippen LogP contribution in [0, 0.1) is 60.8 Å². The highest BCUT2D eigenvalue weighted by atomic mass is 16.6. The van der Waals surface area contributed by atoms with E-state index < -0.39 is 5.60 Å². The second-order valence-corrected chi connectivity index (χ2v) is 23.4. The molecule has 9 aromatic rings. The van der Waals surface area contributed by atoms with Crippen LogP contribution in [0.2, 0.25) is 0 Å². The molecule has 0 saturated heterocycles. The quantitative estimate of drug-likeness (QED) is 0.110. The van der Waals surface area contributed by atoms with Crippen molar-refractivity contribution in [3.05, 3.63) is 237 Å². The van der Waals surface area contributed by atoms with E-state index in [1.165, 1.54) is 5.56 Å². The van der Waals surface area contributed by atoms with Gasteiger partial charge in [-0.1, -0.05) is 119 Å². The summed E-state index contributed by atoms with van der Waals surface area (Å²) in [5.41, 5.74) is 13.9. The number of hydrogen-bond donors (Lipinski definition) is 1. The predicted molar refractivity (Wildman–Crippen MR) is 327 cm³/mol. The zero-order chi connectivity index (χ0) is 56.8. The van der Waals surface area contributed by atoms with Crippen LogP contribution in [0.1, 0.15) is 141 Å². The molecule has 2 amide bonds. The molecule has 0 aliphatic heterocycles. The van der Waals surface area contributed by atoms with Gasteiger partial charge in [-0.25, -0.2) is 14.8 Å². The van der Waals surface area contributed by atoms with E-state index in [-0.39, 0.29) is 36.7 Å². The number of ether oxygens (including phenoxy) is 1. The zero-order valence-corrected chi connectivity index (χ0v) is 48.9. The molecule has 0 spiro atoms. The average molecular weight is 1070 g/mol. The monoisotopic (exact) mass is 1070 g/mol. The normalized spacial score (nSPS) is 12.2. The Morgan fingerprint density at radius 2 is 0.800 bits per heavy atom. The molecule has 418 valence electrons. The van der Waals surface area contributed by atoms with Crippen molar-refractivity contribution in [2.75, 3.05) is 13.1 Å². The highest BCUT2D eigenvalue weighted by Crippen LogP contribution is 2.33. The molecule has 80 heavy (non-hydrogen) atoms. The fourth-order valence-electron chi connectivity index (χ4n) is 10.5. The van der Waals surface area contributed by atoms with E-state index in [4.69, 9.17) is 14.7 Å². The van der Waals surface area contributed by atoms with Gasteiger partial charge in [0, 0.05) is 83.4 Å². The van der Waals surface area contributed by atoms with Crippen LogP contribution in [0.3, 0.4) is 0 Å². The summed E-state index contributed by atoms with van der Waals surface area (Å²) in [5, 5.41) is 3.22. The fourth-order valence-corrected chi connectivity index (χ4v) is 10.5. The van der Waals surface area contributed by atoms with Crippen molar-refractivity contribution in [1.82, 2.24) is 38.5 Å². The Bertz CT molecular complexity index is 3310. The maximum atomic E-state index is 13.7. The van der Waals surface area contributed by atoms with Crippen LogP contribution in [0.25, 0.3) is 23.3 Å². The van der Waals surface area contributed by atoms with Gasteiger partial charge in [-0.15, -0.1) is 0 Å². The summed E-state index contributed by atoms with van der Waals surface area (Å²) >= 11 is 0. The van der Waals surface area contributed by atoms with Crippen LogP contribution in [0.15, 0.2) is 164 Å². The summed E-state index contributed by atoms with van der Waals surface area (Å²) in [4.78, 5) is 38.6. The Hall–Kier alpha value is -8.18. The van der Waals surface area contributed by atoms with Gasteiger partial charge in [0.05, 0.1) is 0 Å². The van der Waals surface area contributed by atoms with Crippen molar-refractivity contribution < 1.29 is 14.3 Å². The van der Waals surface area contributed by atoms with Crippen LogP contribution >= 0.6 is 0 Å². The minimum absolute atomic E-state index is 0. The van der Waals surface area contributed by atoms with Crippen molar-refractivity contribution >= 4 is 12.0 Å². The van der Waals surface area contributed by atoms with Crippen LogP contribution < -0.4 is 5.32 Å². The van der Waals surface area contributed by atoms with Crippen LogP contribution in [0.4, 0.5) is 4.79 Å².